The van der Waals surface area contributed by atoms with Gasteiger partial charge in [0.2, 0.25) is 5.91 Å². The predicted octanol–water partition coefficient (Wildman–Crippen LogP) is 2.57. The highest BCUT2D eigenvalue weighted by molar-refractivity contribution is 7.99. The number of nitrogens with zero attached hydrogens (tertiary/aromatic N) is 1. The summed E-state index contributed by atoms with van der Waals surface area (Å²) in [6, 6.07) is 5.58. The number of carbonyl (C=O) groups is 3. The minimum Gasteiger partial charge on any atom is -0.480 e. The Morgan fingerprint density at radius 1 is 1.16 bits per heavy atom. The SMILES string of the molecule is O=C(O)CN1C(=O)C(N[C@H](CCCCCC2CCNCC2)C(=O)O)CSc2ccccc21. The van der Waals surface area contributed by atoms with Crippen molar-refractivity contribution >= 4 is 35.3 Å². The van der Waals surface area contributed by atoms with Crippen LogP contribution in [0.5, 0.6) is 0 Å². The number of hydrogen-bond donors (Lipinski definition) is 4. The van der Waals surface area contributed by atoms with E-state index in [1.807, 2.05) is 12.1 Å². The van der Waals surface area contributed by atoms with E-state index in [1.165, 1.54) is 35.9 Å². The molecule has 0 saturated carbocycles. The monoisotopic (exact) mass is 463 g/mol. The molecule has 0 spiro atoms. The molecule has 2 heterocycles. The number of carboxylic acids is 2. The quantitative estimate of drug-likeness (QED) is 0.370. The number of nitrogens with one attached hydrogen (secondary N) is 2. The van der Waals surface area contributed by atoms with Crippen LogP contribution >= 0.6 is 11.8 Å². The van der Waals surface area contributed by atoms with E-state index in [4.69, 9.17) is 0 Å². The van der Waals surface area contributed by atoms with E-state index >= 15 is 0 Å². The van der Waals surface area contributed by atoms with Gasteiger partial charge in [-0.25, -0.2) is 0 Å². The Morgan fingerprint density at radius 3 is 2.62 bits per heavy atom. The van der Waals surface area contributed by atoms with Crippen LogP contribution in [0, 0.1) is 5.92 Å². The van der Waals surface area contributed by atoms with Crippen molar-refractivity contribution in [3.05, 3.63) is 24.3 Å². The van der Waals surface area contributed by atoms with Crippen molar-refractivity contribution in [2.75, 3.05) is 30.3 Å². The molecule has 1 fully saturated rings. The lowest BCUT2D eigenvalue weighted by molar-refractivity contribution is -0.140. The Bertz CT molecular complexity index is 800. The second-order valence-electron chi connectivity index (χ2n) is 8.54. The van der Waals surface area contributed by atoms with Crippen LogP contribution in [0.4, 0.5) is 5.69 Å². The van der Waals surface area contributed by atoms with E-state index in [0.717, 1.165) is 43.2 Å². The summed E-state index contributed by atoms with van der Waals surface area (Å²) in [5.41, 5.74) is 0.555. The molecule has 8 nitrogen and oxygen atoms in total. The van der Waals surface area contributed by atoms with Crippen LogP contribution in [-0.2, 0) is 14.4 Å². The predicted molar refractivity (Wildman–Crippen MR) is 124 cm³/mol. The third kappa shape index (κ3) is 6.95. The van der Waals surface area contributed by atoms with Crippen LogP contribution in [0.15, 0.2) is 29.2 Å². The molecule has 0 aromatic heterocycles. The average Bonchev–Trinajstić information content (AvgIpc) is 2.90. The molecule has 4 N–H and O–H groups in total. The van der Waals surface area contributed by atoms with Gasteiger partial charge >= 0.3 is 11.9 Å². The van der Waals surface area contributed by atoms with E-state index in [1.54, 1.807) is 12.1 Å². The maximum Gasteiger partial charge on any atom is 0.323 e. The number of para-hydroxylation sites is 1. The molecule has 1 aromatic carbocycles. The first-order valence-electron chi connectivity index (χ1n) is 11.4. The number of piperidine rings is 1. The second kappa shape index (κ2) is 12.2. The van der Waals surface area contributed by atoms with Crippen molar-refractivity contribution in [2.24, 2.45) is 5.92 Å². The summed E-state index contributed by atoms with van der Waals surface area (Å²) in [6.45, 7) is 1.72. The highest BCUT2D eigenvalue weighted by Crippen LogP contribution is 2.34. The molecule has 2 atom stereocenters. The first kappa shape index (κ1) is 24.5. The number of aliphatic carboxylic acids is 2. The second-order valence-corrected chi connectivity index (χ2v) is 9.60. The molecular formula is C23H33N3O5S. The Kier molecular flexibility index (Phi) is 9.37. The van der Waals surface area contributed by atoms with Crippen LogP contribution in [-0.4, -0.2) is 65.5 Å². The van der Waals surface area contributed by atoms with Crippen LogP contribution in [0.2, 0.25) is 0 Å². The number of amides is 1. The van der Waals surface area contributed by atoms with Crippen molar-refractivity contribution in [3.8, 4) is 0 Å². The minimum atomic E-state index is -1.11. The highest BCUT2D eigenvalue weighted by atomic mass is 32.2. The number of hydrogen-bond acceptors (Lipinski definition) is 6. The van der Waals surface area contributed by atoms with Crippen molar-refractivity contribution in [1.82, 2.24) is 10.6 Å². The van der Waals surface area contributed by atoms with Gasteiger partial charge in [0.05, 0.1) is 11.7 Å². The summed E-state index contributed by atoms with van der Waals surface area (Å²) in [5, 5.41) is 25.4. The minimum absolute atomic E-state index is 0.353. The van der Waals surface area contributed by atoms with Gasteiger partial charge in [0.15, 0.2) is 0 Å². The van der Waals surface area contributed by atoms with Crippen molar-refractivity contribution in [3.63, 3.8) is 0 Å². The van der Waals surface area contributed by atoms with Crippen LogP contribution < -0.4 is 15.5 Å². The Labute approximate surface area is 193 Å². The first-order valence-corrected chi connectivity index (χ1v) is 12.4. The van der Waals surface area contributed by atoms with Gasteiger partial charge < -0.3 is 15.5 Å². The van der Waals surface area contributed by atoms with Gasteiger partial charge in [0, 0.05) is 10.6 Å². The van der Waals surface area contributed by atoms with Crippen molar-refractivity contribution in [2.45, 2.75) is 61.9 Å². The van der Waals surface area contributed by atoms with Gasteiger partial charge in [0.1, 0.15) is 12.6 Å². The van der Waals surface area contributed by atoms with E-state index in [-0.39, 0.29) is 0 Å². The zero-order chi connectivity index (χ0) is 22.9. The summed E-state index contributed by atoms with van der Waals surface area (Å²) >= 11 is 1.44. The molecule has 176 valence electrons. The highest BCUT2D eigenvalue weighted by Gasteiger charge is 2.34. The molecule has 9 heteroatoms. The fourth-order valence-corrected chi connectivity index (χ4v) is 5.51. The molecular weight excluding hydrogens is 430 g/mol. The summed E-state index contributed by atoms with van der Waals surface area (Å²) in [6.07, 6.45) is 6.92. The standard InChI is InChI=1S/C23H33N3O5S/c27-21(28)14-26-19-8-4-5-9-20(19)32-15-18(22(26)29)25-17(23(30)31)7-3-1-2-6-16-10-12-24-13-11-16/h4-5,8-9,16-18,24-25H,1-3,6-7,10-15H2,(H,27,28)(H,30,31)/t17-,18?/m1/s1. The molecule has 0 bridgehead atoms. The van der Waals surface area contributed by atoms with Crippen LogP contribution in [0.25, 0.3) is 0 Å². The van der Waals surface area contributed by atoms with Gasteiger partial charge in [-0.15, -0.1) is 11.8 Å². The van der Waals surface area contributed by atoms with E-state index in [9.17, 15) is 24.6 Å². The largest absolute Gasteiger partial charge is 0.480 e. The third-order valence-corrected chi connectivity index (χ3v) is 7.34. The van der Waals surface area contributed by atoms with Gasteiger partial charge in [-0.2, -0.15) is 0 Å². The molecule has 32 heavy (non-hydrogen) atoms. The molecule has 0 radical (unpaired) electrons. The third-order valence-electron chi connectivity index (χ3n) is 6.18. The fourth-order valence-electron chi connectivity index (χ4n) is 4.42. The average molecular weight is 464 g/mol. The van der Waals surface area contributed by atoms with Crippen LogP contribution in [0.3, 0.4) is 0 Å². The van der Waals surface area contributed by atoms with E-state index in [0.29, 0.717) is 17.9 Å². The molecule has 3 rings (SSSR count). The number of fused-ring (bicyclic) bond motifs is 1. The molecule has 1 saturated heterocycles. The van der Waals surface area contributed by atoms with Gasteiger partial charge in [-0.3, -0.25) is 24.6 Å². The van der Waals surface area contributed by atoms with Gasteiger partial charge in [0.25, 0.3) is 0 Å². The molecule has 2 aliphatic rings. The summed E-state index contributed by atoms with van der Waals surface area (Å²) in [4.78, 5) is 38.4. The lowest BCUT2D eigenvalue weighted by atomic mass is 9.92. The normalized spacial score (nSPS) is 20.4. The van der Waals surface area contributed by atoms with E-state index in [2.05, 4.69) is 10.6 Å². The van der Waals surface area contributed by atoms with Crippen LogP contribution in [0.1, 0.15) is 44.9 Å². The Morgan fingerprint density at radius 2 is 1.91 bits per heavy atom. The number of carbonyl (C=O) groups excluding carboxylic acids is 1. The molecule has 1 aromatic rings. The van der Waals surface area contributed by atoms with E-state index < -0.39 is 36.5 Å². The number of benzene rings is 1. The fraction of sp³-hybridized carbons (Fsp3) is 0.609. The molecule has 1 amide bonds. The maximum absolute atomic E-state index is 13.1. The number of carboxylic acid groups (broad SMARTS) is 2. The van der Waals surface area contributed by atoms with Gasteiger partial charge in [-0.1, -0.05) is 37.8 Å². The summed E-state index contributed by atoms with van der Waals surface area (Å²) < 4.78 is 0. The summed E-state index contributed by atoms with van der Waals surface area (Å²) in [7, 11) is 0. The Hall–Kier alpha value is -2.10. The topological polar surface area (TPSA) is 119 Å². The smallest absolute Gasteiger partial charge is 0.323 e. The zero-order valence-corrected chi connectivity index (χ0v) is 19.1. The van der Waals surface area contributed by atoms with Crippen molar-refractivity contribution in [1.29, 1.82) is 0 Å². The zero-order valence-electron chi connectivity index (χ0n) is 18.3. The molecule has 2 aliphatic heterocycles. The Balaban J connectivity index is 1.55. The summed E-state index contributed by atoms with van der Waals surface area (Å²) in [5.74, 6) is -1.37. The maximum atomic E-state index is 13.1. The molecule has 0 aliphatic carbocycles. The number of unbranched alkanes of at least 4 members (excludes halogenated alkanes) is 2. The number of anilines is 1. The lowest BCUT2D eigenvalue weighted by Crippen LogP contribution is -2.53. The lowest BCUT2D eigenvalue weighted by Gasteiger charge is -2.26. The molecule has 1 unspecified atom stereocenters. The number of thioether (sulfide) groups is 1. The number of rotatable bonds is 11. The first-order chi connectivity index (χ1) is 15.5. The van der Waals surface area contributed by atoms with Crippen molar-refractivity contribution < 1.29 is 24.6 Å². The van der Waals surface area contributed by atoms with Gasteiger partial charge in [-0.05, 0) is 50.4 Å².